The van der Waals surface area contributed by atoms with Crippen molar-refractivity contribution < 1.29 is 62.6 Å². The lowest BCUT2D eigenvalue weighted by Gasteiger charge is -2.40. The van der Waals surface area contributed by atoms with E-state index < -0.39 is 156 Å². The number of allylic oxidation sites excluding steroid dienone is 2. The zero-order valence-corrected chi connectivity index (χ0v) is 57.3. The minimum atomic E-state index is -1.62. The number of aliphatic hydroxyl groups is 1. The number of hydrogen-bond donors (Lipinski definition) is 5. The zero-order chi connectivity index (χ0) is 67.4. The number of ether oxygens (including phenoxy) is 1. The van der Waals surface area contributed by atoms with Gasteiger partial charge in [-0.1, -0.05) is 123 Å². The van der Waals surface area contributed by atoms with Gasteiger partial charge in [0.05, 0.1) is 12.6 Å². The Bertz CT molecular complexity index is 2360. The standard InChI is InChI=1S/C64H114N10O13/c1-25-27-28-42(17)53(76)52-58(80)66-44(26-2)59(81)69(19)34-50(75)70(20)47(31-37(7)8)56(78)67-45(29-35(3)4)60(82)71(21)48(32-38(9)10)55(77)65-43(18)64(86)87-54(41(15)16)63(85)72(22)49(33-39(11)12)57(79)68-46(30-36(5)6)61(83)73(23)51(40(13)14)62(84)74(52)24/h25,27,35-49,51-54,76H,26,28-34H2,1-24H3,(H,65,77)(H,66,80)(H,67,78)(H,68,79)/b27-25+/t42-,43+,44+,45+,46-,47+,48+,49+,51+,52+,53-,54-/m1/s1. The molecule has 10 amide bonds. The summed E-state index contributed by atoms with van der Waals surface area (Å²) in [6.07, 6.45) is 1.61. The van der Waals surface area contributed by atoms with Crippen LogP contribution in [-0.4, -0.2) is 215 Å². The molecule has 87 heavy (non-hydrogen) atoms. The van der Waals surface area contributed by atoms with E-state index in [4.69, 9.17) is 4.74 Å². The number of nitrogens with zero attached hydrogens (tertiary/aromatic N) is 6. The maximum atomic E-state index is 15.1. The van der Waals surface area contributed by atoms with Crippen molar-refractivity contribution in [1.82, 2.24) is 50.7 Å². The molecule has 0 radical (unpaired) electrons. The average Bonchev–Trinajstić information content (AvgIpc) is 3.59. The highest BCUT2D eigenvalue weighted by Crippen LogP contribution is 2.25. The fourth-order valence-electron chi connectivity index (χ4n) is 10.8. The van der Waals surface area contributed by atoms with Crippen molar-refractivity contribution >= 4 is 65.0 Å². The molecule has 1 rings (SSSR count). The summed E-state index contributed by atoms with van der Waals surface area (Å²) in [7, 11) is 8.39. The zero-order valence-electron chi connectivity index (χ0n) is 57.3. The molecule has 0 saturated carbocycles. The van der Waals surface area contributed by atoms with Gasteiger partial charge in [0.2, 0.25) is 53.2 Å². The van der Waals surface area contributed by atoms with Gasteiger partial charge in [0.1, 0.15) is 54.4 Å². The van der Waals surface area contributed by atoms with Crippen LogP contribution >= 0.6 is 0 Å². The Hall–Kier alpha value is -6.13. The van der Waals surface area contributed by atoms with Gasteiger partial charge in [0, 0.05) is 42.3 Å². The quantitative estimate of drug-likeness (QED) is 0.100. The number of esters is 1. The van der Waals surface area contributed by atoms with E-state index in [0.29, 0.717) is 6.42 Å². The Morgan fingerprint density at radius 2 is 0.874 bits per heavy atom. The predicted molar refractivity (Wildman–Crippen MR) is 336 cm³/mol. The minimum Gasteiger partial charge on any atom is -0.450 e. The molecular weight excluding hydrogens is 1120 g/mol. The first-order chi connectivity index (χ1) is 40.2. The molecule has 0 unspecified atom stereocenters. The molecule has 0 bridgehead atoms. The molecule has 23 heteroatoms. The first-order valence-electron chi connectivity index (χ1n) is 31.5. The van der Waals surface area contributed by atoms with Gasteiger partial charge in [-0.2, -0.15) is 0 Å². The lowest BCUT2D eigenvalue weighted by molar-refractivity contribution is -0.166. The molecule has 12 atom stereocenters. The number of carbonyl (C=O) groups excluding carboxylic acids is 11. The highest BCUT2D eigenvalue weighted by molar-refractivity contribution is 5.99. The summed E-state index contributed by atoms with van der Waals surface area (Å²) in [4.78, 5) is 168. The third kappa shape index (κ3) is 23.4. The summed E-state index contributed by atoms with van der Waals surface area (Å²) in [5, 5.41) is 23.3. The number of carbonyl (C=O) groups is 11. The van der Waals surface area contributed by atoms with Crippen molar-refractivity contribution in [3.63, 3.8) is 0 Å². The van der Waals surface area contributed by atoms with Crippen molar-refractivity contribution in [2.45, 2.75) is 236 Å². The number of amides is 10. The van der Waals surface area contributed by atoms with Crippen LogP contribution in [0.3, 0.4) is 0 Å². The maximum absolute atomic E-state index is 15.1. The molecule has 0 aromatic carbocycles. The van der Waals surface area contributed by atoms with Crippen molar-refractivity contribution in [2.75, 3.05) is 48.8 Å². The highest BCUT2D eigenvalue weighted by Gasteiger charge is 2.45. The van der Waals surface area contributed by atoms with E-state index in [1.54, 1.807) is 60.6 Å². The topological polar surface area (TPSA) is 285 Å². The average molecular weight is 1230 g/mol. The molecule has 0 aromatic rings. The molecule has 1 fully saturated rings. The largest absolute Gasteiger partial charge is 0.450 e. The Labute approximate surface area is 520 Å². The third-order valence-electron chi connectivity index (χ3n) is 16.0. The van der Waals surface area contributed by atoms with E-state index in [-0.39, 0.29) is 68.1 Å². The van der Waals surface area contributed by atoms with Gasteiger partial charge >= 0.3 is 5.97 Å². The first kappa shape index (κ1) is 78.9. The van der Waals surface area contributed by atoms with Gasteiger partial charge in [-0.3, -0.25) is 47.9 Å². The second-order valence-electron chi connectivity index (χ2n) is 27.0. The highest BCUT2D eigenvalue weighted by atomic mass is 16.6. The smallest absolute Gasteiger partial charge is 0.329 e. The van der Waals surface area contributed by atoms with E-state index in [2.05, 4.69) is 21.3 Å². The van der Waals surface area contributed by atoms with Crippen molar-refractivity contribution in [2.24, 2.45) is 47.3 Å². The number of rotatable bonds is 17. The minimum absolute atomic E-state index is 0.0192. The predicted octanol–water partition coefficient (Wildman–Crippen LogP) is 4.38. The van der Waals surface area contributed by atoms with E-state index in [1.807, 2.05) is 69.2 Å². The van der Waals surface area contributed by atoms with E-state index in [0.717, 1.165) is 9.80 Å². The van der Waals surface area contributed by atoms with Crippen LogP contribution in [-0.2, 0) is 57.5 Å². The SMILES string of the molecule is C/C=C/C[C@@H](C)[C@@H](O)[C@H]1C(=O)N[C@@H](CC)C(=O)N(C)CC(=O)N(C)[C@@H](CC(C)C)C(=O)N[C@@H](CC(C)C)C(=O)N(C)[C@@H](CC(C)C)C(=O)N[C@@H](C)C(=O)O[C@H](C(C)C)C(=O)N(C)[C@@H](CC(C)C)C(=O)N[C@H](CC(C)C)C(=O)N(C)[C@@H](C(C)C)C(=O)N1C. The van der Waals surface area contributed by atoms with Crippen LogP contribution in [0.2, 0.25) is 0 Å². The van der Waals surface area contributed by atoms with Crippen LogP contribution in [0.5, 0.6) is 0 Å². The molecule has 0 aromatic heterocycles. The number of hydrogen-bond acceptors (Lipinski definition) is 13. The van der Waals surface area contributed by atoms with E-state index >= 15 is 4.79 Å². The lowest BCUT2D eigenvalue weighted by Crippen LogP contribution is -2.63. The van der Waals surface area contributed by atoms with Crippen molar-refractivity contribution in [3.8, 4) is 0 Å². The third-order valence-corrected chi connectivity index (χ3v) is 16.0. The molecule has 0 aliphatic carbocycles. The number of cyclic esters (lactones) is 1. The second kappa shape index (κ2) is 36.4. The number of likely N-dealkylation sites (N-methyl/N-ethyl adjacent to an activating group) is 6. The second-order valence-corrected chi connectivity index (χ2v) is 27.0. The molecule has 1 heterocycles. The molecule has 1 saturated heterocycles. The molecule has 23 nitrogen and oxygen atoms in total. The Balaban J connectivity index is 4.37. The van der Waals surface area contributed by atoms with Crippen LogP contribution in [0.4, 0.5) is 0 Å². The Kier molecular flexibility index (Phi) is 33.0. The molecule has 498 valence electrons. The van der Waals surface area contributed by atoms with E-state index in [1.165, 1.54) is 68.8 Å². The van der Waals surface area contributed by atoms with Gasteiger partial charge in [0.25, 0.3) is 5.91 Å². The van der Waals surface area contributed by atoms with Crippen LogP contribution in [0.25, 0.3) is 0 Å². The van der Waals surface area contributed by atoms with Crippen LogP contribution in [0.15, 0.2) is 12.2 Å². The van der Waals surface area contributed by atoms with Crippen molar-refractivity contribution in [1.29, 1.82) is 0 Å². The normalized spacial score (nSPS) is 26.5. The summed E-state index contributed by atoms with van der Waals surface area (Å²) in [6, 6.07) is -11.4. The summed E-state index contributed by atoms with van der Waals surface area (Å²) in [5.74, 6) is -10.6. The van der Waals surface area contributed by atoms with Gasteiger partial charge in [0.15, 0.2) is 6.10 Å². The van der Waals surface area contributed by atoms with Crippen molar-refractivity contribution in [3.05, 3.63) is 12.2 Å². The summed E-state index contributed by atoms with van der Waals surface area (Å²) in [5.41, 5.74) is 0. The summed E-state index contributed by atoms with van der Waals surface area (Å²) < 4.78 is 5.90. The molecule has 1 aliphatic heterocycles. The number of nitrogens with one attached hydrogen (secondary N) is 4. The Morgan fingerprint density at radius 1 is 0.483 bits per heavy atom. The van der Waals surface area contributed by atoms with E-state index in [9.17, 15) is 53.1 Å². The molecule has 1 aliphatic rings. The molecule has 0 spiro atoms. The van der Waals surface area contributed by atoms with Crippen LogP contribution in [0, 0.1) is 47.3 Å². The molecule has 5 N–H and O–H groups in total. The Morgan fingerprint density at radius 3 is 1.28 bits per heavy atom. The van der Waals surface area contributed by atoms with Gasteiger partial charge in [-0.25, -0.2) is 4.79 Å². The summed E-state index contributed by atoms with van der Waals surface area (Å²) >= 11 is 0. The fraction of sp³-hybridized carbons (Fsp3) is 0.797. The summed E-state index contributed by atoms with van der Waals surface area (Å²) in [6.45, 7) is 31.3. The van der Waals surface area contributed by atoms with Gasteiger partial charge < -0.3 is 60.5 Å². The van der Waals surface area contributed by atoms with Crippen LogP contribution in [0.1, 0.15) is 170 Å². The maximum Gasteiger partial charge on any atom is 0.329 e. The van der Waals surface area contributed by atoms with Gasteiger partial charge in [-0.15, -0.1) is 0 Å². The lowest BCUT2D eigenvalue weighted by atomic mass is 9.91. The monoisotopic (exact) mass is 1230 g/mol. The fourth-order valence-corrected chi connectivity index (χ4v) is 10.8. The van der Waals surface area contributed by atoms with Gasteiger partial charge in [-0.05, 0) is 106 Å². The van der Waals surface area contributed by atoms with Crippen LogP contribution < -0.4 is 21.3 Å². The number of aliphatic hydroxyl groups excluding tert-OH is 1. The molecular formula is C64H114N10O13. The first-order valence-corrected chi connectivity index (χ1v) is 31.5.